The van der Waals surface area contributed by atoms with Crippen molar-refractivity contribution >= 4 is 0 Å². The van der Waals surface area contributed by atoms with E-state index in [4.69, 9.17) is 4.74 Å². The van der Waals surface area contributed by atoms with Gasteiger partial charge in [-0.25, -0.2) is 4.98 Å². The fourth-order valence-corrected chi connectivity index (χ4v) is 2.57. The van der Waals surface area contributed by atoms with Gasteiger partial charge < -0.3 is 4.74 Å². The van der Waals surface area contributed by atoms with E-state index >= 15 is 0 Å². The number of aromatic nitrogens is 2. The fourth-order valence-electron chi connectivity index (χ4n) is 2.57. The van der Waals surface area contributed by atoms with Crippen LogP contribution in [0.3, 0.4) is 0 Å². The standard InChI is InChI=1S/C18H14N2O/c1-2-6-13(7-3-1)16-12-19-15-11-10-14-8-4-5-9-17(14)21-18(15)20-16/h1-9,12H,10-11H2. The molecular formula is C18H14N2O. The number of rotatable bonds is 1. The summed E-state index contributed by atoms with van der Waals surface area (Å²) in [6, 6.07) is 18.2. The smallest absolute Gasteiger partial charge is 0.241 e. The van der Waals surface area contributed by atoms with E-state index in [9.17, 15) is 0 Å². The van der Waals surface area contributed by atoms with Gasteiger partial charge in [-0.2, -0.15) is 0 Å². The molecule has 102 valence electrons. The average molecular weight is 274 g/mol. The maximum atomic E-state index is 5.99. The lowest BCUT2D eigenvalue weighted by molar-refractivity contribution is 0.457. The van der Waals surface area contributed by atoms with Crippen molar-refractivity contribution in [3.8, 4) is 22.9 Å². The van der Waals surface area contributed by atoms with Crippen LogP contribution >= 0.6 is 0 Å². The van der Waals surface area contributed by atoms with Crippen LogP contribution in [0.1, 0.15) is 11.3 Å². The van der Waals surface area contributed by atoms with Gasteiger partial charge >= 0.3 is 0 Å². The molecule has 0 radical (unpaired) electrons. The summed E-state index contributed by atoms with van der Waals surface area (Å²) < 4.78 is 5.99. The molecule has 0 saturated heterocycles. The normalized spacial score (nSPS) is 12.8. The molecule has 0 amide bonds. The summed E-state index contributed by atoms with van der Waals surface area (Å²) in [7, 11) is 0. The van der Waals surface area contributed by atoms with Crippen LogP contribution in [0.5, 0.6) is 11.6 Å². The van der Waals surface area contributed by atoms with Gasteiger partial charge in [0.2, 0.25) is 5.88 Å². The zero-order chi connectivity index (χ0) is 14.1. The summed E-state index contributed by atoms with van der Waals surface area (Å²) in [6.07, 6.45) is 3.62. The first-order valence-corrected chi connectivity index (χ1v) is 7.07. The second-order valence-electron chi connectivity index (χ2n) is 5.08. The first kappa shape index (κ1) is 12.1. The second-order valence-corrected chi connectivity index (χ2v) is 5.08. The van der Waals surface area contributed by atoms with Crippen LogP contribution < -0.4 is 4.74 Å². The maximum Gasteiger partial charge on any atom is 0.241 e. The molecule has 3 heteroatoms. The SMILES string of the molecule is c1ccc(-c2cnc3c(n2)Oc2ccccc2CC3)cc1. The van der Waals surface area contributed by atoms with E-state index in [1.54, 1.807) is 0 Å². The monoisotopic (exact) mass is 274 g/mol. The highest BCUT2D eigenvalue weighted by molar-refractivity contribution is 5.59. The molecule has 2 aromatic carbocycles. The third-order valence-electron chi connectivity index (χ3n) is 3.69. The molecule has 1 aromatic heterocycles. The fraction of sp³-hybridized carbons (Fsp3) is 0.111. The molecule has 3 nitrogen and oxygen atoms in total. The average Bonchev–Trinajstić information content (AvgIpc) is 2.74. The van der Waals surface area contributed by atoms with Crippen LogP contribution in [0.4, 0.5) is 0 Å². The Morgan fingerprint density at radius 3 is 2.57 bits per heavy atom. The lowest BCUT2D eigenvalue weighted by Crippen LogP contribution is -1.97. The molecule has 4 rings (SSSR count). The first-order chi connectivity index (χ1) is 10.4. The Balaban J connectivity index is 1.78. The summed E-state index contributed by atoms with van der Waals surface area (Å²) in [5.41, 5.74) is 4.02. The zero-order valence-electron chi connectivity index (χ0n) is 11.5. The minimum absolute atomic E-state index is 0.626. The molecule has 2 heterocycles. The van der Waals surface area contributed by atoms with E-state index in [1.165, 1.54) is 5.56 Å². The van der Waals surface area contributed by atoms with Gasteiger partial charge in [-0.15, -0.1) is 0 Å². The van der Waals surface area contributed by atoms with Gasteiger partial charge in [-0.1, -0.05) is 48.5 Å². The number of benzene rings is 2. The van der Waals surface area contributed by atoms with Gasteiger partial charge in [-0.05, 0) is 24.5 Å². The van der Waals surface area contributed by atoms with Crippen LogP contribution in [-0.2, 0) is 12.8 Å². The van der Waals surface area contributed by atoms with Crippen molar-refractivity contribution < 1.29 is 4.74 Å². The van der Waals surface area contributed by atoms with Crippen molar-refractivity contribution in [2.45, 2.75) is 12.8 Å². The van der Waals surface area contributed by atoms with Crippen LogP contribution in [0.15, 0.2) is 60.8 Å². The number of nitrogens with zero attached hydrogens (tertiary/aromatic N) is 2. The molecule has 3 aromatic rings. The highest BCUT2D eigenvalue weighted by atomic mass is 16.5. The summed E-state index contributed by atoms with van der Waals surface area (Å²) in [6.45, 7) is 0. The quantitative estimate of drug-likeness (QED) is 0.672. The number of fused-ring (bicyclic) bond motifs is 2. The Kier molecular flexibility index (Phi) is 2.89. The predicted molar refractivity (Wildman–Crippen MR) is 81.4 cm³/mol. The minimum atomic E-state index is 0.626. The molecule has 0 atom stereocenters. The number of ether oxygens (including phenoxy) is 1. The molecule has 0 N–H and O–H groups in total. The van der Waals surface area contributed by atoms with E-state index in [-0.39, 0.29) is 0 Å². The van der Waals surface area contributed by atoms with Crippen LogP contribution in [0, 0.1) is 0 Å². The zero-order valence-corrected chi connectivity index (χ0v) is 11.5. The van der Waals surface area contributed by atoms with Crippen LogP contribution in [0.25, 0.3) is 11.3 Å². The van der Waals surface area contributed by atoms with Gasteiger partial charge in [-0.3, -0.25) is 4.98 Å². The van der Waals surface area contributed by atoms with Crippen molar-refractivity contribution in [2.75, 3.05) is 0 Å². The minimum Gasteiger partial charge on any atom is -0.437 e. The molecule has 0 saturated carbocycles. The lowest BCUT2D eigenvalue weighted by Gasteiger charge is -2.08. The number of para-hydroxylation sites is 1. The molecule has 0 unspecified atom stereocenters. The molecule has 0 spiro atoms. The van der Waals surface area contributed by atoms with Crippen molar-refractivity contribution in [1.29, 1.82) is 0 Å². The Morgan fingerprint density at radius 2 is 1.67 bits per heavy atom. The van der Waals surface area contributed by atoms with Crippen molar-refractivity contribution in [3.63, 3.8) is 0 Å². The van der Waals surface area contributed by atoms with E-state index < -0.39 is 0 Å². The molecular weight excluding hydrogens is 260 g/mol. The Morgan fingerprint density at radius 1 is 0.857 bits per heavy atom. The van der Waals surface area contributed by atoms with Crippen LogP contribution in [-0.4, -0.2) is 9.97 Å². The molecule has 21 heavy (non-hydrogen) atoms. The van der Waals surface area contributed by atoms with Gasteiger partial charge in [0.1, 0.15) is 11.4 Å². The van der Waals surface area contributed by atoms with Crippen molar-refractivity contribution in [2.24, 2.45) is 0 Å². The number of hydrogen-bond donors (Lipinski definition) is 0. The molecule has 0 aliphatic carbocycles. The van der Waals surface area contributed by atoms with E-state index in [1.807, 2.05) is 54.7 Å². The van der Waals surface area contributed by atoms with Gasteiger partial charge in [0.15, 0.2) is 0 Å². The number of aryl methyl sites for hydroxylation is 2. The van der Waals surface area contributed by atoms with Gasteiger partial charge in [0.25, 0.3) is 0 Å². The topological polar surface area (TPSA) is 35.0 Å². The molecule has 1 aliphatic heterocycles. The second kappa shape index (κ2) is 5.02. The predicted octanol–water partition coefficient (Wildman–Crippen LogP) is 4.03. The summed E-state index contributed by atoms with van der Waals surface area (Å²) in [4.78, 5) is 9.21. The number of hydrogen-bond acceptors (Lipinski definition) is 3. The van der Waals surface area contributed by atoms with Crippen molar-refractivity contribution in [3.05, 3.63) is 72.1 Å². The van der Waals surface area contributed by atoms with Crippen molar-refractivity contribution in [1.82, 2.24) is 9.97 Å². The summed E-state index contributed by atoms with van der Waals surface area (Å²) in [5, 5.41) is 0. The van der Waals surface area contributed by atoms with E-state index in [0.29, 0.717) is 5.88 Å². The molecule has 1 aliphatic rings. The van der Waals surface area contributed by atoms with E-state index in [0.717, 1.165) is 35.5 Å². The lowest BCUT2D eigenvalue weighted by atomic mass is 10.1. The third-order valence-corrected chi connectivity index (χ3v) is 3.69. The Hall–Kier alpha value is -2.68. The highest BCUT2D eigenvalue weighted by Gasteiger charge is 2.17. The van der Waals surface area contributed by atoms with Crippen LogP contribution in [0.2, 0.25) is 0 Å². The largest absolute Gasteiger partial charge is 0.437 e. The Bertz CT molecular complexity index is 784. The third kappa shape index (κ3) is 2.27. The van der Waals surface area contributed by atoms with E-state index in [2.05, 4.69) is 16.0 Å². The van der Waals surface area contributed by atoms with Gasteiger partial charge in [0, 0.05) is 5.56 Å². The summed E-state index contributed by atoms with van der Waals surface area (Å²) >= 11 is 0. The highest BCUT2D eigenvalue weighted by Crippen LogP contribution is 2.32. The summed E-state index contributed by atoms with van der Waals surface area (Å²) in [5.74, 6) is 1.51. The molecule has 0 bridgehead atoms. The molecule has 0 fully saturated rings. The first-order valence-electron chi connectivity index (χ1n) is 7.07. The van der Waals surface area contributed by atoms with Gasteiger partial charge in [0.05, 0.1) is 11.9 Å². The maximum absolute atomic E-state index is 5.99. The Labute approximate surface area is 123 Å².